The second-order valence-corrected chi connectivity index (χ2v) is 6.99. The molecule has 0 bridgehead atoms. The van der Waals surface area contributed by atoms with Crippen LogP contribution >= 0.6 is 0 Å². The Hall–Kier alpha value is -3.38. The van der Waals surface area contributed by atoms with E-state index in [2.05, 4.69) is 27.5 Å². The van der Waals surface area contributed by atoms with E-state index in [0.29, 0.717) is 12.1 Å². The molecule has 148 valence electrons. The number of fused-ring (bicyclic) bond motifs is 1. The van der Waals surface area contributed by atoms with Crippen LogP contribution in [0.5, 0.6) is 5.75 Å². The smallest absolute Gasteiger partial charge is 0.254 e. The minimum absolute atomic E-state index is 0.0912. The highest BCUT2D eigenvalue weighted by Crippen LogP contribution is 2.19. The highest BCUT2D eigenvalue weighted by Gasteiger charge is 2.12. The molecule has 0 radical (unpaired) electrons. The van der Waals surface area contributed by atoms with E-state index < -0.39 is 0 Å². The van der Waals surface area contributed by atoms with E-state index in [-0.39, 0.29) is 5.56 Å². The van der Waals surface area contributed by atoms with Crippen molar-refractivity contribution in [3.8, 4) is 11.4 Å². The maximum atomic E-state index is 12.6. The highest BCUT2D eigenvalue weighted by molar-refractivity contribution is 5.80. The SMILES string of the molecule is COc1ccc(CCNCc2cc3c(C)nn(-c4ccccc4)c3[nH]c2=O)cc1. The first-order valence-corrected chi connectivity index (χ1v) is 9.66. The number of hydrogen-bond acceptors (Lipinski definition) is 4. The van der Waals surface area contributed by atoms with E-state index in [1.807, 2.05) is 55.5 Å². The number of aromatic amines is 1. The molecule has 29 heavy (non-hydrogen) atoms. The number of H-pyrrole nitrogens is 1. The van der Waals surface area contributed by atoms with Crippen LogP contribution in [0, 0.1) is 6.92 Å². The van der Waals surface area contributed by atoms with E-state index >= 15 is 0 Å². The van der Waals surface area contributed by atoms with Crippen LogP contribution in [0.15, 0.2) is 65.5 Å². The number of para-hydroxylation sites is 1. The molecule has 2 N–H and O–H groups in total. The molecule has 0 saturated heterocycles. The van der Waals surface area contributed by atoms with Gasteiger partial charge in [-0.2, -0.15) is 5.10 Å². The van der Waals surface area contributed by atoms with Gasteiger partial charge in [0.25, 0.3) is 5.56 Å². The standard InChI is InChI=1S/C23H24N4O2/c1-16-21-14-18(15-24-13-12-17-8-10-20(29-2)11-9-17)23(28)25-22(21)27(26-16)19-6-4-3-5-7-19/h3-11,14,24H,12-13,15H2,1-2H3,(H,25,28). The van der Waals surface area contributed by atoms with Crippen molar-refractivity contribution >= 4 is 11.0 Å². The van der Waals surface area contributed by atoms with Crippen LogP contribution in [0.3, 0.4) is 0 Å². The lowest BCUT2D eigenvalue weighted by Gasteiger charge is -2.07. The van der Waals surface area contributed by atoms with Gasteiger partial charge in [-0.05, 0) is 55.8 Å². The molecule has 0 unspecified atom stereocenters. The Morgan fingerprint density at radius 3 is 2.59 bits per heavy atom. The molecule has 4 aromatic rings. The van der Waals surface area contributed by atoms with Gasteiger partial charge < -0.3 is 15.0 Å². The van der Waals surface area contributed by atoms with Gasteiger partial charge in [0.15, 0.2) is 0 Å². The first-order chi connectivity index (χ1) is 14.2. The van der Waals surface area contributed by atoms with E-state index in [4.69, 9.17) is 4.74 Å². The third-order valence-corrected chi connectivity index (χ3v) is 5.01. The molecule has 0 atom stereocenters. The van der Waals surface area contributed by atoms with Crippen molar-refractivity contribution in [3.63, 3.8) is 0 Å². The van der Waals surface area contributed by atoms with Crippen LogP contribution in [-0.2, 0) is 13.0 Å². The van der Waals surface area contributed by atoms with Crippen molar-refractivity contribution in [2.45, 2.75) is 19.9 Å². The zero-order chi connectivity index (χ0) is 20.2. The molecular formula is C23H24N4O2. The lowest BCUT2D eigenvalue weighted by atomic mass is 10.1. The van der Waals surface area contributed by atoms with Crippen molar-refractivity contribution in [1.29, 1.82) is 0 Å². The van der Waals surface area contributed by atoms with E-state index in [1.54, 1.807) is 11.8 Å². The number of methoxy groups -OCH3 is 1. The molecule has 0 saturated carbocycles. The van der Waals surface area contributed by atoms with E-state index in [9.17, 15) is 4.79 Å². The van der Waals surface area contributed by atoms with Gasteiger partial charge in [-0.15, -0.1) is 0 Å². The monoisotopic (exact) mass is 388 g/mol. The second kappa shape index (κ2) is 8.32. The van der Waals surface area contributed by atoms with Crippen LogP contribution in [0.1, 0.15) is 16.8 Å². The van der Waals surface area contributed by atoms with Crippen molar-refractivity contribution < 1.29 is 4.74 Å². The quantitative estimate of drug-likeness (QED) is 0.476. The van der Waals surface area contributed by atoms with Gasteiger partial charge in [0.1, 0.15) is 11.4 Å². The Morgan fingerprint density at radius 2 is 1.86 bits per heavy atom. The molecule has 0 amide bonds. The lowest BCUT2D eigenvalue weighted by Crippen LogP contribution is -2.23. The fourth-order valence-electron chi connectivity index (χ4n) is 3.40. The maximum Gasteiger partial charge on any atom is 0.254 e. The first kappa shape index (κ1) is 19.0. The summed E-state index contributed by atoms with van der Waals surface area (Å²) in [5.74, 6) is 0.855. The van der Waals surface area contributed by atoms with Crippen LogP contribution < -0.4 is 15.6 Å². The molecular weight excluding hydrogens is 364 g/mol. The van der Waals surface area contributed by atoms with Gasteiger partial charge in [-0.25, -0.2) is 4.68 Å². The Labute approximate surface area is 169 Å². The summed E-state index contributed by atoms with van der Waals surface area (Å²) in [4.78, 5) is 15.6. The zero-order valence-electron chi connectivity index (χ0n) is 16.6. The van der Waals surface area contributed by atoms with Crippen molar-refractivity contribution in [3.05, 3.63) is 87.8 Å². The normalized spacial score (nSPS) is 11.1. The van der Waals surface area contributed by atoms with Crippen LogP contribution in [0.2, 0.25) is 0 Å². The molecule has 0 aliphatic carbocycles. The number of benzene rings is 2. The molecule has 0 fully saturated rings. The molecule has 6 nitrogen and oxygen atoms in total. The lowest BCUT2D eigenvalue weighted by molar-refractivity contribution is 0.414. The molecule has 0 spiro atoms. The Morgan fingerprint density at radius 1 is 1.10 bits per heavy atom. The Bertz CT molecular complexity index is 1160. The maximum absolute atomic E-state index is 12.6. The fourth-order valence-corrected chi connectivity index (χ4v) is 3.40. The summed E-state index contributed by atoms with van der Waals surface area (Å²) < 4.78 is 6.96. The summed E-state index contributed by atoms with van der Waals surface area (Å²) >= 11 is 0. The topological polar surface area (TPSA) is 71.9 Å². The largest absolute Gasteiger partial charge is 0.497 e. The van der Waals surface area contributed by atoms with Gasteiger partial charge in [-0.1, -0.05) is 30.3 Å². The number of aromatic nitrogens is 3. The van der Waals surface area contributed by atoms with Crippen molar-refractivity contribution in [1.82, 2.24) is 20.1 Å². The number of pyridine rings is 1. The Kier molecular flexibility index (Phi) is 5.44. The minimum atomic E-state index is -0.0912. The molecule has 0 aliphatic rings. The predicted molar refractivity (Wildman–Crippen MR) is 115 cm³/mol. The first-order valence-electron chi connectivity index (χ1n) is 9.66. The average molecular weight is 388 g/mol. The molecule has 6 heteroatoms. The minimum Gasteiger partial charge on any atom is -0.497 e. The second-order valence-electron chi connectivity index (χ2n) is 6.99. The summed E-state index contributed by atoms with van der Waals surface area (Å²) in [6, 6.07) is 19.8. The van der Waals surface area contributed by atoms with Gasteiger partial charge in [-0.3, -0.25) is 4.79 Å². The number of nitrogens with one attached hydrogen (secondary N) is 2. The predicted octanol–water partition coefficient (Wildman–Crippen LogP) is 3.36. The fraction of sp³-hybridized carbons (Fsp3) is 0.217. The summed E-state index contributed by atoms with van der Waals surface area (Å²) in [6.07, 6.45) is 0.884. The summed E-state index contributed by atoms with van der Waals surface area (Å²) in [5, 5.41) is 8.93. The van der Waals surface area contributed by atoms with Gasteiger partial charge in [0.05, 0.1) is 18.5 Å². The summed E-state index contributed by atoms with van der Waals surface area (Å²) in [6.45, 7) is 3.25. The van der Waals surface area contributed by atoms with Gasteiger partial charge in [0.2, 0.25) is 0 Å². The number of ether oxygens (including phenoxy) is 1. The van der Waals surface area contributed by atoms with Gasteiger partial charge in [0, 0.05) is 17.5 Å². The van der Waals surface area contributed by atoms with Crippen LogP contribution in [0.4, 0.5) is 0 Å². The van der Waals surface area contributed by atoms with Crippen molar-refractivity contribution in [2.75, 3.05) is 13.7 Å². The number of nitrogens with zero attached hydrogens (tertiary/aromatic N) is 2. The van der Waals surface area contributed by atoms with E-state index in [1.165, 1.54) is 5.56 Å². The van der Waals surface area contributed by atoms with Crippen LogP contribution in [0.25, 0.3) is 16.7 Å². The summed E-state index contributed by atoms with van der Waals surface area (Å²) in [5.41, 5.74) is 4.38. The average Bonchev–Trinajstić information content (AvgIpc) is 3.07. The molecule has 0 aliphatic heterocycles. The molecule has 4 rings (SSSR count). The zero-order valence-corrected chi connectivity index (χ0v) is 16.6. The van der Waals surface area contributed by atoms with Gasteiger partial charge >= 0.3 is 0 Å². The molecule has 2 aromatic carbocycles. The number of rotatable bonds is 7. The summed E-state index contributed by atoms with van der Waals surface area (Å²) in [7, 11) is 1.66. The number of aryl methyl sites for hydroxylation is 1. The molecule has 2 heterocycles. The van der Waals surface area contributed by atoms with E-state index in [0.717, 1.165) is 41.1 Å². The number of hydrogen-bond donors (Lipinski definition) is 2. The van der Waals surface area contributed by atoms with Crippen molar-refractivity contribution in [2.24, 2.45) is 0 Å². The Balaban J connectivity index is 1.47. The highest BCUT2D eigenvalue weighted by atomic mass is 16.5. The van der Waals surface area contributed by atoms with Crippen LogP contribution in [-0.4, -0.2) is 28.4 Å². The molecule has 2 aromatic heterocycles. The third kappa shape index (κ3) is 4.07. The third-order valence-electron chi connectivity index (χ3n) is 5.01.